The third-order valence-corrected chi connectivity index (χ3v) is 6.53. The Kier molecular flexibility index (Phi) is 6.09. The summed E-state index contributed by atoms with van der Waals surface area (Å²) in [5, 5.41) is 11.9. The zero-order valence-electron chi connectivity index (χ0n) is 18.0. The molecule has 0 radical (unpaired) electrons. The molecule has 2 aromatic carbocycles. The van der Waals surface area contributed by atoms with Crippen LogP contribution in [0, 0.1) is 20.8 Å². The first-order valence-electron chi connectivity index (χ1n) is 10.3. The van der Waals surface area contributed by atoms with Crippen molar-refractivity contribution in [3.8, 4) is 11.5 Å². The number of benzene rings is 2. The Morgan fingerprint density at radius 1 is 1.19 bits per heavy atom. The van der Waals surface area contributed by atoms with Crippen molar-refractivity contribution in [3.63, 3.8) is 0 Å². The van der Waals surface area contributed by atoms with E-state index in [2.05, 4.69) is 17.5 Å². The fourth-order valence-electron chi connectivity index (χ4n) is 3.93. The van der Waals surface area contributed by atoms with Crippen molar-refractivity contribution in [1.29, 1.82) is 0 Å². The maximum atomic E-state index is 11.6. The average molecular weight is 435 g/mol. The van der Waals surface area contributed by atoms with Gasteiger partial charge in [0.1, 0.15) is 18.1 Å². The van der Waals surface area contributed by atoms with Gasteiger partial charge in [-0.25, -0.2) is 0 Å². The molecule has 0 aliphatic carbocycles. The monoisotopic (exact) mass is 434 g/mol. The first-order valence-corrected chi connectivity index (χ1v) is 11.1. The molecule has 1 aliphatic heterocycles. The van der Waals surface area contributed by atoms with Crippen LogP contribution in [0.5, 0.6) is 11.5 Å². The fourth-order valence-corrected chi connectivity index (χ4v) is 4.88. The molecule has 0 bridgehead atoms. The van der Waals surface area contributed by atoms with E-state index in [9.17, 15) is 9.90 Å². The van der Waals surface area contributed by atoms with Crippen LogP contribution >= 0.6 is 11.3 Å². The number of carbonyl (C=O) groups excluding carboxylic acids is 1. The molecule has 1 amide bonds. The normalized spacial score (nSPS) is 15.8. The van der Waals surface area contributed by atoms with Crippen molar-refractivity contribution in [2.24, 2.45) is 4.99 Å². The fraction of sp³-hybridized carbons (Fsp3) is 0.280. The Balaban J connectivity index is 1.52. The van der Waals surface area contributed by atoms with Crippen molar-refractivity contribution in [2.75, 3.05) is 0 Å². The Hall–Kier alpha value is -3.12. The molecule has 1 unspecified atom stereocenters. The van der Waals surface area contributed by atoms with E-state index in [1.807, 2.05) is 39.1 Å². The zero-order chi connectivity index (χ0) is 22.0. The number of amides is 1. The van der Waals surface area contributed by atoms with Gasteiger partial charge in [-0.3, -0.25) is 9.79 Å². The summed E-state index contributed by atoms with van der Waals surface area (Å²) in [7, 11) is 0. The van der Waals surface area contributed by atoms with Gasteiger partial charge in [0, 0.05) is 30.1 Å². The summed E-state index contributed by atoms with van der Waals surface area (Å²) in [6, 6.07) is 11.5. The number of aryl methyl sites for hydroxylation is 3. The van der Waals surface area contributed by atoms with E-state index in [0.29, 0.717) is 13.2 Å². The molecule has 3 aromatic rings. The molecule has 0 spiro atoms. The van der Waals surface area contributed by atoms with Crippen molar-refractivity contribution >= 4 is 29.6 Å². The van der Waals surface area contributed by atoms with Crippen LogP contribution in [0.1, 0.15) is 32.7 Å². The van der Waals surface area contributed by atoms with Gasteiger partial charge in [-0.2, -0.15) is 0 Å². The molecule has 160 valence electrons. The standard InChI is InChI=1S/C25H26N2O3S/c1-16-6-19(9-22(29)7-16)14-30-24-11-23(17(2)8-18(24)3)26-12-21-10-25-20(4-5-31-25)13-27(21)15-28/h4-9,11-12,15,21,29H,10,13-14H2,1-3H3. The van der Waals surface area contributed by atoms with Gasteiger partial charge in [0.15, 0.2) is 0 Å². The zero-order valence-corrected chi connectivity index (χ0v) is 18.8. The molecular weight excluding hydrogens is 408 g/mol. The van der Waals surface area contributed by atoms with Gasteiger partial charge in [-0.05, 0) is 72.2 Å². The molecular formula is C25H26N2O3S. The molecule has 6 heteroatoms. The highest BCUT2D eigenvalue weighted by Gasteiger charge is 2.24. The summed E-state index contributed by atoms with van der Waals surface area (Å²) in [4.78, 5) is 19.4. The smallest absolute Gasteiger partial charge is 0.210 e. The Morgan fingerprint density at radius 3 is 2.81 bits per heavy atom. The highest BCUT2D eigenvalue weighted by Crippen LogP contribution is 2.31. The number of hydrogen-bond acceptors (Lipinski definition) is 5. The summed E-state index contributed by atoms with van der Waals surface area (Å²) in [5.41, 5.74) is 6.05. The van der Waals surface area contributed by atoms with Gasteiger partial charge in [0.2, 0.25) is 6.41 Å². The number of ether oxygens (including phenoxy) is 1. The van der Waals surface area contributed by atoms with E-state index in [1.165, 1.54) is 10.4 Å². The van der Waals surface area contributed by atoms with Gasteiger partial charge in [0.25, 0.3) is 0 Å². The summed E-state index contributed by atoms with van der Waals surface area (Å²) in [6.45, 7) is 6.98. The average Bonchev–Trinajstić information content (AvgIpc) is 3.18. The molecule has 1 aromatic heterocycles. The van der Waals surface area contributed by atoms with Crippen LogP contribution in [0.4, 0.5) is 5.69 Å². The van der Waals surface area contributed by atoms with Crippen LogP contribution in [0.25, 0.3) is 0 Å². The number of thiophene rings is 1. The minimum atomic E-state index is -0.0519. The third kappa shape index (κ3) is 4.80. The van der Waals surface area contributed by atoms with E-state index in [0.717, 1.165) is 46.5 Å². The van der Waals surface area contributed by atoms with E-state index >= 15 is 0 Å². The summed E-state index contributed by atoms with van der Waals surface area (Å²) < 4.78 is 6.05. The van der Waals surface area contributed by atoms with E-state index in [-0.39, 0.29) is 11.8 Å². The van der Waals surface area contributed by atoms with Crippen molar-refractivity contribution in [2.45, 2.75) is 46.4 Å². The summed E-state index contributed by atoms with van der Waals surface area (Å²) in [5.74, 6) is 1.00. The molecule has 0 saturated heterocycles. The third-order valence-electron chi connectivity index (χ3n) is 5.54. The van der Waals surface area contributed by atoms with Crippen LogP contribution in [0.2, 0.25) is 0 Å². The number of phenolic OH excluding ortho intramolecular Hbond substituents is 1. The molecule has 0 fully saturated rings. The number of aliphatic imine (C=N–C) groups is 1. The largest absolute Gasteiger partial charge is 0.508 e. The first kappa shape index (κ1) is 21.1. The SMILES string of the molecule is Cc1cc(O)cc(COc2cc(N=CC3Cc4sccc4CN3C=O)c(C)cc2C)c1. The van der Waals surface area contributed by atoms with Gasteiger partial charge in [-0.1, -0.05) is 12.1 Å². The highest BCUT2D eigenvalue weighted by atomic mass is 32.1. The predicted octanol–water partition coefficient (Wildman–Crippen LogP) is 5.24. The van der Waals surface area contributed by atoms with Crippen molar-refractivity contribution in [3.05, 3.63) is 74.5 Å². The van der Waals surface area contributed by atoms with Crippen LogP contribution in [-0.4, -0.2) is 28.7 Å². The van der Waals surface area contributed by atoms with Crippen molar-refractivity contribution in [1.82, 2.24) is 4.90 Å². The Bertz CT molecular complexity index is 1120. The van der Waals surface area contributed by atoms with Gasteiger partial charge < -0.3 is 14.7 Å². The molecule has 0 saturated carbocycles. The quantitative estimate of drug-likeness (QED) is 0.426. The number of nitrogens with zero attached hydrogens (tertiary/aromatic N) is 2. The Morgan fingerprint density at radius 2 is 2.03 bits per heavy atom. The molecule has 1 atom stereocenters. The van der Waals surface area contributed by atoms with Gasteiger partial charge in [0.05, 0.1) is 11.7 Å². The lowest BCUT2D eigenvalue weighted by molar-refractivity contribution is -0.119. The Labute approximate surface area is 186 Å². The molecule has 31 heavy (non-hydrogen) atoms. The van der Waals surface area contributed by atoms with Crippen LogP contribution in [-0.2, 0) is 24.4 Å². The maximum Gasteiger partial charge on any atom is 0.210 e. The van der Waals surface area contributed by atoms with E-state index < -0.39 is 0 Å². The first-order chi connectivity index (χ1) is 14.9. The second kappa shape index (κ2) is 8.94. The number of fused-ring (bicyclic) bond motifs is 1. The lowest BCUT2D eigenvalue weighted by atomic mass is 10.0. The molecule has 1 aliphatic rings. The van der Waals surface area contributed by atoms with Gasteiger partial charge >= 0.3 is 0 Å². The van der Waals surface area contributed by atoms with E-state index in [1.54, 1.807) is 28.4 Å². The summed E-state index contributed by atoms with van der Waals surface area (Å²) in [6.07, 6.45) is 3.57. The topological polar surface area (TPSA) is 62.1 Å². The minimum Gasteiger partial charge on any atom is -0.508 e. The van der Waals surface area contributed by atoms with Crippen molar-refractivity contribution < 1.29 is 14.6 Å². The molecule has 5 nitrogen and oxygen atoms in total. The highest BCUT2D eigenvalue weighted by molar-refractivity contribution is 7.10. The molecule has 2 heterocycles. The lowest BCUT2D eigenvalue weighted by Gasteiger charge is -2.30. The summed E-state index contributed by atoms with van der Waals surface area (Å²) >= 11 is 1.74. The second-order valence-electron chi connectivity index (χ2n) is 8.07. The van der Waals surface area contributed by atoms with Crippen LogP contribution in [0.15, 0.2) is 46.8 Å². The van der Waals surface area contributed by atoms with Gasteiger partial charge in [-0.15, -0.1) is 11.3 Å². The van der Waals surface area contributed by atoms with Crippen LogP contribution < -0.4 is 4.74 Å². The number of carbonyl (C=O) groups is 1. The lowest BCUT2D eigenvalue weighted by Crippen LogP contribution is -2.39. The maximum absolute atomic E-state index is 11.6. The minimum absolute atomic E-state index is 0.0519. The number of hydrogen-bond donors (Lipinski definition) is 1. The van der Waals surface area contributed by atoms with E-state index in [4.69, 9.17) is 9.73 Å². The molecule has 4 rings (SSSR count). The number of rotatable bonds is 6. The number of phenols is 1. The molecule has 1 N–H and O–H groups in total. The predicted molar refractivity (Wildman–Crippen MR) is 125 cm³/mol. The second-order valence-corrected chi connectivity index (χ2v) is 9.07. The van der Waals surface area contributed by atoms with Crippen LogP contribution in [0.3, 0.4) is 0 Å². The number of aromatic hydroxyl groups is 1.